The lowest BCUT2D eigenvalue weighted by Gasteiger charge is -2.17. The van der Waals surface area contributed by atoms with Gasteiger partial charge in [0.1, 0.15) is 5.82 Å². The van der Waals surface area contributed by atoms with Gasteiger partial charge in [-0.25, -0.2) is 9.97 Å². The molecule has 0 aliphatic carbocycles. The van der Waals surface area contributed by atoms with Crippen molar-refractivity contribution in [2.45, 2.75) is 19.3 Å². The Balaban J connectivity index is 2.15. The normalized spacial score (nSPS) is 10.7. The van der Waals surface area contributed by atoms with Gasteiger partial charge in [0.15, 0.2) is 0 Å². The molecule has 0 bridgehead atoms. The van der Waals surface area contributed by atoms with Crippen LogP contribution in [0.25, 0.3) is 0 Å². The largest absolute Gasteiger partial charge is 0.354 e. The van der Waals surface area contributed by atoms with Gasteiger partial charge in [-0.2, -0.15) is 0 Å². The van der Waals surface area contributed by atoms with Crippen LogP contribution in [-0.4, -0.2) is 17.0 Å². The van der Waals surface area contributed by atoms with E-state index in [0.717, 1.165) is 23.1 Å². The molecular formula is C12H13Cl2N3S. The lowest BCUT2D eigenvalue weighted by atomic mass is 10.3. The first kappa shape index (κ1) is 13.6. The van der Waals surface area contributed by atoms with Crippen LogP contribution in [0.1, 0.15) is 16.4 Å². The van der Waals surface area contributed by atoms with Crippen LogP contribution in [-0.2, 0) is 12.4 Å². The van der Waals surface area contributed by atoms with Crippen LogP contribution in [0.5, 0.6) is 0 Å². The van der Waals surface area contributed by atoms with Gasteiger partial charge in [-0.3, -0.25) is 0 Å². The SMILES string of the molecule is Cc1nc(CN(C)c2ccc(Cl)c(CCl)n2)cs1. The molecule has 0 aromatic carbocycles. The topological polar surface area (TPSA) is 29.0 Å². The summed E-state index contributed by atoms with van der Waals surface area (Å²) in [6.45, 7) is 2.72. The smallest absolute Gasteiger partial charge is 0.129 e. The second-order valence-corrected chi connectivity index (χ2v) is 5.68. The van der Waals surface area contributed by atoms with Crippen molar-refractivity contribution < 1.29 is 0 Å². The quantitative estimate of drug-likeness (QED) is 0.803. The zero-order chi connectivity index (χ0) is 13.1. The number of anilines is 1. The Labute approximate surface area is 120 Å². The molecule has 0 unspecified atom stereocenters. The van der Waals surface area contributed by atoms with E-state index in [4.69, 9.17) is 23.2 Å². The Bertz CT molecular complexity index is 542. The van der Waals surface area contributed by atoms with Crippen LogP contribution in [0, 0.1) is 6.92 Å². The maximum atomic E-state index is 5.99. The molecule has 96 valence electrons. The van der Waals surface area contributed by atoms with Gasteiger partial charge in [0.25, 0.3) is 0 Å². The van der Waals surface area contributed by atoms with Crippen molar-refractivity contribution in [3.05, 3.63) is 38.9 Å². The molecule has 0 radical (unpaired) electrons. The van der Waals surface area contributed by atoms with Crippen LogP contribution >= 0.6 is 34.5 Å². The van der Waals surface area contributed by atoms with Crippen LogP contribution < -0.4 is 4.90 Å². The molecule has 0 aliphatic heterocycles. The molecule has 2 rings (SSSR count). The van der Waals surface area contributed by atoms with Gasteiger partial charge >= 0.3 is 0 Å². The van der Waals surface area contributed by atoms with E-state index < -0.39 is 0 Å². The molecule has 0 spiro atoms. The number of aromatic nitrogens is 2. The molecular weight excluding hydrogens is 289 g/mol. The Kier molecular flexibility index (Phi) is 4.43. The van der Waals surface area contributed by atoms with Crippen molar-refractivity contribution in [1.82, 2.24) is 9.97 Å². The summed E-state index contributed by atoms with van der Waals surface area (Å²) in [7, 11) is 1.98. The van der Waals surface area contributed by atoms with E-state index in [0.29, 0.717) is 16.6 Å². The van der Waals surface area contributed by atoms with Gasteiger partial charge in [0.05, 0.1) is 33.8 Å². The zero-order valence-corrected chi connectivity index (χ0v) is 12.5. The predicted octanol–water partition coefficient (Wildman–Crippen LogP) is 3.88. The Morgan fingerprint density at radius 3 is 2.72 bits per heavy atom. The molecule has 0 atom stereocenters. The van der Waals surface area contributed by atoms with Crippen molar-refractivity contribution in [2.24, 2.45) is 0 Å². The third-order valence-corrected chi connectivity index (χ3v) is 3.91. The predicted molar refractivity (Wildman–Crippen MR) is 77.8 cm³/mol. The number of nitrogens with zero attached hydrogens (tertiary/aromatic N) is 3. The Hall–Kier alpha value is -0.840. The minimum absolute atomic E-state index is 0.316. The first-order valence-electron chi connectivity index (χ1n) is 5.43. The summed E-state index contributed by atoms with van der Waals surface area (Å²) >= 11 is 13.4. The summed E-state index contributed by atoms with van der Waals surface area (Å²) in [5, 5.41) is 3.74. The second-order valence-electron chi connectivity index (χ2n) is 3.95. The van der Waals surface area contributed by atoms with Crippen LogP contribution in [0.4, 0.5) is 5.82 Å². The maximum absolute atomic E-state index is 5.99. The second kappa shape index (κ2) is 5.87. The van der Waals surface area contributed by atoms with Crippen molar-refractivity contribution in [2.75, 3.05) is 11.9 Å². The summed E-state index contributed by atoms with van der Waals surface area (Å²) in [5.74, 6) is 1.16. The third-order valence-electron chi connectivity index (χ3n) is 2.49. The number of hydrogen-bond donors (Lipinski definition) is 0. The van der Waals surface area contributed by atoms with E-state index in [-0.39, 0.29) is 0 Å². The highest BCUT2D eigenvalue weighted by Gasteiger charge is 2.08. The van der Waals surface area contributed by atoms with Gasteiger partial charge in [0, 0.05) is 12.4 Å². The summed E-state index contributed by atoms with van der Waals surface area (Å²) in [5.41, 5.74) is 1.75. The number of hydrogen-bond acceptors (Lipinski definition) is 4. The van der Waals surface area contributed by atoms with Gasteiger partial charge in [0.2, 0.25) is 0 Å². The molecule has 2 aromatic rings. The van der Waals surface area contributed by atoms with Crippen LogP contribution in [0.3, 0.4) is 0 Å². The number of alkyl halides is 1. The number of aryl methyl sites for hydroxylation is 1. The van der Waals surface area contributed by atoms with E-state index in [2.05, 4.69) is 15.3 Å². The summed E-state index contributed by atoms with van der Waals surface area (Å²) in [6, 6.07) is 3.71. The van der Waals surface area contributed by atoms with E-state index in [9.17, 15) is 0 Å². The number of rotatable bonds is 4. The van der Waals surface area contributed by atoms with Crippen molar-refractivity contribution in [3.8, 4) is 0 Å². The Morgan fingerprint density at radius 2 is 2.11 bits per heavy atom. The molecule has 18 heavy (non-hydrogen) atoms. The summed E-state index contributed by atoms with van der Waals surface area (Å²) < 4.78 is 0. The third kappa shape index (κ3) is 3.13. The monoisotopic (exact) mass is 301 g/mol. The fourth-order valence-electron chi connectivity index (χ4n) is 1.58. The molecule has 0 N–H and O–H groups in total. The average molecular weight is 302 g/mol. The van der Waals surface area contributed by atoms with Gasteiger partial charge in [-0.1, -0.05) is 11.6 Å². The standard InChI is InChI=1S/C12H13Cl2N3S/c1-8-15-9(7-18-8)6-17(2)12-4-3-10(14)11(5-13)16-12/h3-4,7H,5-6H2,1-2H3. The number of pyridine rings is 1. The molecule has 0 amide bonds. The highest BCUT2D eigenvalue weighted by atomic mass is 35.5. The minimum Gasteiger partial charge on any atom is -0.354 e. The lowest BCUT2D eigenvalue weighted by molar-refractivity contribution is 0.865. The first-order chi connectivity index (χ1) is 8.60. The van der Waals surface area contributed by atoms with Crippen molar-refractivity contribution in [1.29, 1.82) is 0 Å². The molecule has 0 saturated carbocycles. The minimum atomic E-state index is 0.316. The fourth-order valence-corrected chi connectivity index (χ4v) is 2.63. The average Bonchev–Trinajstić information content (AvgIpc) is 2.75. The molecule has 2 aromatic heterocycles. The molecule has 2 heterocycles. The Morgan fingerprint density at radius 1 is 1.33 bits per heavy atom. The summed E-state index contributed by atoms with van der Waals surface area (Å²) in [4.78, 5) is 10.9. The number of halogens is 2. The molecule has 6 heteroatoms. The van der Waals surface area contributed by atoms with E-state index >= 15 is 0 Å². The first-order valence-corrected chi connectivity index (χ1v) is 7.23. The molecule has 0 fully saturated rings. The zero-order valence-electron chi connectivity index (χ0n) is 10.2. The van der Waals surface area contributed by atoms with Gasteiger partial charge in [-0.15, -0.1) is 22.9 Å². The maximum Gasteiger partial charge on any atom is 0.129 e. The van der Waals surface area contributed by atoms with Gasteiger partial charge in [-0.05, 0) is 19.1 Å². The number of thiazole rings is 1. The highest BCUT2D eigenvalue weighted by molar-refractivity contribution is 7.09. The highest BCUT2D eigenvalue weighted by Crippen LogP contribution is 2.21. The molecule has 0 saturated heterocycles. The summed E-state index contributed by atoms with van der Waals surface area (Å²) in [6.07, 6.45) is 0. The van der Waals surface area contributed by atoms with E-state index in [1.54, 1.807) is 11.3 Å². The lowest BCUT2D eigenvalue weighted by Crippen LogP contribution is -2.18. The van der Waals surface area contributed by atoms with Crippen LogP contribution in [0.2, 0.25) is 5.02 Å². The van der Waals surface area contributed by atoms with E-state index in [1.807, 2.05) is 31.0 Å². The van der Waals surface area contributed by atoms with Crippen molar-refractivity contribution >= 4 is 40.4 Å². The fraction of sp³-hybridized carbons (Fsp3) is 0.333. The van der Waals surface area contributed by atoms with E-state index in [1.165, 1.54) is 0 Å². The van der Waals surface area contributed by atoms with Gasteiger partial charge < -0.3 is 4.90 Å². The van der Waals surface area contributed by atoms with Crippen molar-refractivity contribution in [3.63, 3.8) is 0 Å². The molecule has 0 aliphatic rings. The van der Waals surface area contributed by atoms with Crippen LogP contribution in [0.15, 0.2) is 17.5 Å². The molecule has 3 nitrogen and oxygen atoms in total.